The Hall–Kier alpha value is -0.840. The summed E-state index contributed by atoms with van der Waals surface area (Å²) in [5.41, 5.74) is 0.776. The number of halogens is 1. The van der Waals surface area contributed by atoms with E-state index in [0.717, 1.165) is 30.0 Å². The second-order valence-electron chi connectivity index (χ2n) is 6.44. The van der Waals surface area contributed by atoms with E-state index in [2.05, 4.69) is 26.3 Å². The van der Waals surface area contributed by atoms with Gasteiger partial charge in [0.1, 0.15) is 4.47 Å². The van der Waals surface area contributed by atoms with Crippen molar-refractivity contribution in [2.45, 2.75) is 45.6 Å². The first-order valence-electron chi connectivity index (χ1n) is 7.59. The molecule has 0 amide bonds. The van der Waals surface area contributed by atoms with Gasteiger partial charge >= 0.3 is 0 Å². The maximum absolute atomic E-state index is 12.2. The summed E-state index contributed by atoms with van der Waals surface area (Å²) in [6.07, 6.45) is 7.31. The van der Waals surface area contributed by atoms with Gasteiger partial charge in [0.15, 0.2) is 0 Å². The second kappa shape index (κ2) is 5.51. The molecule has 0 aromatic carbocycles. The average Bonchev–Trinajstić information content (AvgIpc) is 3.26. The van der Waals surface area contributed by atoms with Gasteiger partial charge in [0.05, 0.1) is 17.9 Å². The zero-order chi connectivity index (χ0) is 14.3. The van der Waals surface area contributed by atoms with Crippen molar-refractivity contribution in [3.8, 4) is 0 Å². The van der Waals surface area contributed by atoms with Crippen LogP contribution >= 0.6 is 15.9 Å². The van der Waals surface area contributed by atoms with Crippen LogP contribution in [0.3, 0.4) is 0 Å². The van der Waals surface area contributed by atoms with Crippen LogP contribution in [0.5, 0.6) is 0 Å². The van der Waals surface area contributed by atoms with Crippen molar-refractivity contribution in [1.82, 2.24) is 9.78 Å². The van der Waals surface area contributed by atoms with E-state index in [1.165, 1.54) is 30.4 Å². The highest BCUT2D eigenvalue weighted by Gasteiger charge is 2.41. The van der Waals surface area contributed by atoms with Gasteiger partial charge in [0.2, 0.25) is 0 Å². The number of hydrogen-bond donors (Lipinski definition) is 1. The zero-order valence-electron chi connectivity index (χ0n) is 12.1. The number of nitrogens with one attached hydrogen (secondary N) is 1. The number of nitrogens with zero attached hydrogens (tertiary/aromatic N) is 2. The topological polar surface area (TPSA) is 46.9 Å². The van der Waals surface area contributed by atoms with Crippen LogP contribution < -0.4 is 10.9 Å². The number of rotatable bonds is 6. The molecular weight excluding hydrogens is 318 g/mol. The predicted octanol–water partition coefficient (Wildman–Crippen LogP) is 3.43. The van der Waals surface area contributed by atoms with Crippen LogP contribution in [0.15, 0.2) is 15.5 Å². The first-order chi connectivity index (χ1) is 9.58. The molecule has 0 spiro atoms. The van der Waals surface area contributed by atoms with Crippen molar-refractivity contribution in [2.24, 2.45) is 17.8 Å². The van der Waals surface area contributed by atoms with Crippen LogP contribution in [0.4, 0.5) is 5.69 Å². The maximum Gasteiger partial charge on any atom is 0.283 e. The first-order valence-corrected chi connectivity index (χ1v) is 8.38. The van der Waals surface area contributed by atoms with Crippen LogP contribution in [0, 0.1) is 17.8 Å². The Labute approximate surface area is 128 Å². The van der Waals surface area contributed by atoms with Gasteiger partial charge < -0.3 is 5.32 Å². The van der Waals surface area contributed by atoms with Gasteiger partial charge in [-0.3, -0.25) is 4.79 Å². The highest BCUT2D eigenvalue weighted by molar-refractivity contribution is 9.10. The molecule has 2 aliphatic rings. The Kier molecular flexibility index (Phi) is 3.89. The van der Waals surface area contributed by atoms with Crippen molar-refractivity contribution >= 4 is 21.6 Å². The molecule has 3 rings (SSSR count). The fourth-order valence-electron chi connectivity index (χ4n) is 2.93. The highest BCUT2D eigenvalue weighted by Crippen LogP contribution is 2.49. The van der Waals surface area contributed by atoms with Gasteiger partial charge in [-0.25, -0.2) is 4.68 Å². The van der Waals surface area contributed by atoms with E-state index in [0.29, 0.717) is 4.47 Å². The van der Waals surface area contributed by atoms with Crippen LogP contribution in [0.2, 0.25) is 0 Å². The molecule has 2 saturated carbocycles. The predicted molar refractivity (Wildman–Crippen MR) is 84.0 cm³/mol. The summed E-state index contributed by atoms with van der Waals surface area (Å²) in [6.45, 7) is 4.90. The molecule has 0 aliphatic heterocycles. The summed E-state index contributed by atoms with van der Waals surface area (Å²) in [7, 11) is 0. The third-order valence-electron chi connectivity index (χ3n) is 4.42. The summed E-state index contributed by atoms with van der Waals surface area (Å²) in [5.74, 6) is 2.62. The quantitative estimate of drug-likeness (QED) is 0.863. The molecule has 0 atom stereocenters. The Morgan fingerprint density at radius 1 is 1.35 bits per heavy atom. The lowest BCUT2D eigenvalue weighted by atomic mass is 9.98. The number of hydrogen-bond acceptors (Lipinski definition) is 3. The van der Waals surface area contributed by atoms with Crippen molar-refractivity contribution < 1.29 is 0 Å². The number of anilines is 1. The lowest BCUT2D eigenvalue weighted by molar-refractivity contribution is 0.427. The van der Waals surface area contributed by atoms with Crippen molar-refractivity contribution in [2.75, 3.05) is 11.9 Å². The minimum absolute atomic E-state index is 0.0561. The summed E-state index contributed by atoms with van der Waals surface area (Å²) < 4.78 is 2.11. The normalized spacial score (nSPS) is 18.9. The summed E-state index contributed by atoms with van der Waals surface area (Å²) in [5, 5.41) is 7.69. The lowest BCUT2D eigenvalue weighted by Gasteiger charge is -2.18. The molecule has 1 heterocycles. The molecule has 1 aromatic rings. The van der Waals surface area contributed by atoms with Gasteiger partial charge in [0.25, 0.3) is 5.56 Å². The van der Waals surface area contributed by atoms with E-state index in [4.69, 9.17) is 0 Å². The SMILES string of the molecule is CC(C)n1ncc(NCC(C2CC2)C2CC2)c(Br)c1=O. The first kappa shape index (κ1) is 14.1. The average molecular weight is 340 g/mol. The molecule has 110 valence electrons. The van der Waals surface area contributed by atoms with E-state index >= 15 is 0 Å². The fraction of sp³-hybridized carbons (Fsp3) is 0.733. The summed E-state index contributed by atoms with van der Waals surface area (Å²) in [6, 6.07) is 0.0820. The summed E-state index contributed by atoms with van der Waals surface area (Å²) in [4.78, 5) is 12.2. The molecule has 2 fully saturated rings. The van der Waals surface area contributed by atoms with Crippen LogP contribution in [0.25, 0.3) is 0 Å². The van der Waals surface area contributed by atoms with Crippen LogP contribution in [-0.2, 0) is 0 Å². The second-order valence-corrected chi connectivity index (χ2v) is 7.23. The van der Waals surface area contributed by atoms with Crippen molar-refractivity contribution in [3.05, 3.63) is 21.0 Å². The van der Waals surface area contributed by atoms with Gasteiger partial charge in [-0.15, -0.1) is 0 Å². The van der Waals surface area contributed by atoms with Crippen molar-refractivity contribution in [3.63, 3.8) is 0 Å². The fourth-order valence-corrected chi connectivity index (χ4v) is 3.35. The van der Waals surface area contributed by atoms with Crippen LogP contribution in [-0.4, -0.2) is 16.3 Å². The lowest BCUT2D eigenvalue weighted by Crippen LogP contribution is -2.27. The van der Waals surface area contributed by atoms with Gasteiger partial charge in [-0.1, -0.05) is 0 Å². The maximum atomic E-state index is 12.2. The molecule has 0 saturated heterocycles. The molecule has 2 aliphatic carbocycles. The molecule has 0 bridgehead atoms. The van der Waals surface area contributed by atoms with E-state index in [-0.39, 0.29) is 11.6 Å². The van der Waals surface area contributed by atoms with E-state index in [1.54, 1.807) is 6.20 Å². The molecule has 0 unspecified atom stereocenters. The van der Waals surface area contributed by atoms with Crippen molar-refractivity contribution in [1.29, 1.82) is 0 Å². The Morgan fingerprint density at radius 3 is 2.45 bits per heavy atom. The molecule has 5 heteroatoms. The Bertz CT molecular complexity index is 535. The van der Waals surface area contributed by atoms with E-state index in [9.17, 15) is 4.79 Å². The zero-order valence-corrected chi connectivity index (χ0v) is 13.7. The largest absolute Gasteiger partial charge is 0.382 e. The highest BCUT2D eigenvalue weighted by atomic mass is 79.9. The molecule has 1 aromatic heterocycles. The minimum Gasteiger partial charge on any atom is -0.382 e. The van der Waals surface area contributed by atoms with E-state index < -0.39 is 0 Å². The Balaban J connectivity index is 1.71. The molecule has 0 radical (unpaired) electrons. The van der Waals surface area contributed by atoms with Gasteiger partial charge in [-0.05, 0) is 73.2 Å². The smallest absolute Gasteiger partial charge is 0.283 e. The summed E-state index contributed by atoms with van der Waals surface area (Å²) >= 11 is 3.42. The third kappa shape index (κ3) is 2.92. The molecule has 1 N–H and O–H groups in total. The monoisotopic (exact) mass is 339 g/mol. The third-order valence-corrected chi connectivity index (χ3v) is 5.18. The van der Waals surface area contributed by atoms with Gasteiger partial charge in [0, 0.05) is 6.54 Å². The Morgan fingerprint density at radius 2 is 1.95 bits per heavy atom. The molecule has 20 heavy (non-hydrogen) atoms. The number of aromatic nitrogens is 2. The molecule has 4 nitrogen and oxygen atoms in total. The van der Waals surface area contributed by atoms with Gasteiger partial charge in [-0.2, -0.15) is 5.10 Å². The van der Waals surface area contributed by atoms with Crippen LogP contribution in [0.1, 0.15) is 45.6 Å². The standard InChI is InChI=1S/C15H22BrN3O/c1-9(2)19-15(20)14(16)13(8-18-19)17-7-12(10-3-4-10)11-5-6-11/h8-12,17H,3-7H2,1-2H3. The van der Waals surface area contributed by atoms with E-state index in [1.807, 2.05) is 13.8 Å². The molecular formula is C15H22BrN3O. The minimum atomic E-state index is -0.0561.